The van der Waals surface area contributed by atoms with Gasteiger partial charge < -0.3 is 10.1 Å². The number of halogens is 1. The van der Waals surface area contributed by atoms with E-state index in [0.717, 1.165) is 24.8 Å². The Kier molecular flexibility index (Phi) is 8.79. The Hall–Kier alpha value is -3.71. The van der Waals surface area contributed by atoms with E-state index < -0.39 is 11.6 Å². The maximum Gasteiger partial charge on any atom is 0.415 e. The maximum absolute atomic E-state index is 13.3. The lowest BCUT2D eigenvalue weighted by molar-refractivity contribution is -0.727. The van der Waals surface area contributed by atoms with Crippen LogP contribution in [0.5, 0.6) is 0 Å². The topological polar surface area (TPSA) is 79.6 Å². The molecule has 1 saturated carbocycles. The highest BCUT2D eigenvalue weighted by Crippen LogP contribution is 2.42. The second kappa shape index (κ2) is 12.2. The molecule has 1 aliphatic carbocycles. The summed E-state index contributed by atoms with van der Waals surface area (Å²) >= 11 is 6.49. The molecular formula is C30H33ClN3O4+. The van der Waals surface area contributed by atoms with Crippen LogP contribution in [0.1, 0.15) is 54.1 Å². The predicted molar refractivity (Wildman–Crippen MR) is 145 cm³/mol. The van der Waals surface area contributed by atoms with Crippen molar-refractivity contribution in [3.8, 4) is 0 Å². The predicted octanol–water partition coefficient (Wildman–Crippen LogP) is 5.05. The number of nitrogens with zero attached hydrogens (tertiary/aromatic N) is 2. The number of benzene rings is 2. The molecule has 1 heterocycles. The molecule has 7 nitrogen and oxygen atoms in total. The van der Waals surface area contributed by atoms with Crippen LogP contribution in [-0.4, -0.2) is 35.8 Å². The Morgan fingerprint density at radius 1 is 1.08 bits per heavy atom. The van der Waals surface area contributed by atoms with Crippen LogP contribution in [0.4, 0.5) is 4.79 Å². The van der Waals surface area contributed by atoms with Crippen LogP contribution in [-0.2, 0) is 28.2 Å². The first-order chi connectivity index (χ1) is 18.3. The van der Waals surface area contributed by atoms with Crippen molar-refractivity contribution in [2.45, 2.75) is 57.3 Å². The number of hydrogen-bond donors (Lipinski definition) is 1. The van der Waals surface area contributed by atoms with E-state index in [1.54, 1.807) is 54.3 Å². The fourth-order valence-electron chi connectivity index (χ4n) is 5.07. The van der Waals surface area contributed by atoms with E-state index in [1.165, 1.54) is 4.90 Å². The molecule has 0 radical (unpaired) electrons. The molecule has 198 valence electrons. The lowest BCUT2D eigenvalue weighted by Crippen LogP contribution is -2.55. The van der Waals surface area contributed by atoms with Crippen LogP contribution in [0.15, 0.2) is 79.1 Å². The number of amides is 2. The summed E-state index contributed by atoms with van der Waals surface area (Å²) < 4.78 is 7.21. The minimum absolute atomic E-state index is 0.0488. The van der Waals surface area contributed by atoms with Gasteiger partial charge in [0.05, 0.1) is 0 Å². The maximum atomic E-state index is 13.3. The molecule has 4 rings (SSSR count). The van der Waals surface area contributed by atoms with Crippen molar-refractivity contribution in [3.63, 3.8) is 0 Å². The van der Waals surface area contributed by atoms with Gasteiger partial charge in [-0.1, -0.05) is 60.1 Å². The molecule has 2 aromatic carbocycles. The zero-order valence-electron chi connectivity index (χ0n) is 21.7. The van der Waals surface area contributed by atoms with Gasteiger partial charge in [-0.3, -0.25) is 14.5 Å². The summed E-state index contributed by atoms with van der Waals surface area (Å²) in [6.45, 7) is 1.84. The Bertz CT molecular complexity index is 1300. The molecule has 0 saturated heterocycles. The lowest BCUT2D eigenvalue weighted by Gasteiger charge is -2.43. The van der Waals surface area contributed by atoms with Gasteiger partial charge in [-0.25, -0.2) is 4.79 Å². The summed E-state index contributed by atoms with van der Waals surface area (Å²) in [6, 6.07) is 20.5. The summed E-state index contributed by atoms with van der Waals surface area (Å²) in [4.78, 5) is 40.7. The third-order valence-electron chi connectivity index (χ3n) is 7.04. The number of ketones is 1. The van der Waals surface area contributed by atoms with Crippen LogP contribution >= 0.6 is 11.6 Å². The molecule has 2 amide bonds. The second-order valence-corrected chi connectivity index (χ2v) is 10.1. The Labute approximate surface area is 228 Å². The first-order valence-electron chi connectivity index (χ1n) is 12.8. The quantitative estimate of drug-likeness (QED) is 0.410. The number of aromatic nitrogens is 1. The first kappa shape index (κ1) is 27.3. The summed E-state index contributed by atoms with van der Waals surface area (Å²) in [6.07, 6.45) is 5.85. The molecule has 38 heavy (non-hydrogen) atoms. The molecule has 1 fully saturated rings. The summed E-state index contributed by atoms with van der Waals surface area (Å²) in [5.41, 5.74) is 1.04. The smallest absolute Gasteiger partial charge is 0.388 e. The zero-order valence-corrected chi connectivity index (χ0v) is 22.5. The van der Waals surface area contributed by atoms with Gasteiger partial charge in [0, 0.05) is 36.2 Å². The highest BCUT2D eigenvalue weighted by atomic mass is 35.5. The number of carbonyl (C=O) groups is 3. The van der Waals surface area contributed by atoms with Crippen molar-refractivity contribution in [1.82, 2.24) is 10.2 Å². The third kappa shape index (κ3) is 6.05. The second-order valence-electron chi connectivity index (χ2n) is 9.74. The number of nitrogens with one attached hydrogen (secondary N) is 1. The standard InChI is InChI=1S/C30H32ClN3O4/c1-22(19-23-11-4-3-5-12-23)32-28(36)24-13-10-18-34(20-24)21-38-29(37)33(2)30(17-9-8-16-27(30)35)25-14-6-7-15-26(25)31/h3-7,10-15,18,20,22H,8-9,16-17,19,21H2,1-2H3/p+1/t22-,30?/m1/s1. The molecule has 1 aromatic heterocycles. The van der Waals surface area contributed by atoms with Gasteiger partial charge in [-0.15, -0.1) is 0 Å². The minimum atomic E-state index is -1.17. The van der Waals surface area contributed by atoms with Crippen LogP contribution < -0.4 is 9.88 Å². The van der Waals surface area contributed by atoms with Crippen molar-refractivity contribution < 1.29 is 23.7 Å². The molecule has 0 bridgehead atoms. The summed E-state index contributed by atoms with van der Waals surface area (Å²) in [7, 11) is 1.58. The Morgan fingerprint density at radius 3 is 2.55 bits per heavy atom. The highest BCUT2D eigenvalue weighted by Gasteiger charge is 2.48. The zero-order chi connectivity index (χ0) is 27.1. The van der Waals surface area contributed by atoms with Crippen molar-refractivity contribution in [1.29, 1.82) is 0 Å². The van der Waals surface area contributed by atoms with Gasteiger partial charge in [0.2, 0.25) is 0 Å². The van der Waals surface area contributed by atoms with E-state index in [9.17, 15) is 14.4 Å². The van der Waals surface area contributed by atoms with Gasteiger partial charge in [-0.05, 0) is 50.3 Å². The number of ether oxygens (including phenoxy) is 1. The monoisotopic (exact) mass is 534 g/mol. The average molecular weight is 535 g/mol. The van der Waals surface area contributed by atoms with Crippen LogP contribution in [0.3, 0.4) is 0 Å². The van der Waals surface area contributed by atoms with Gasteiger partial charge in [0.25, 0.3) is 12.6 Å². The average Bonchev–Trinajstić information content (AvgIpc) is 2.93. The fraction of sp³-hybridized carbons (Fsp3) is 0.333. The van der Waals surface area contributed by atoms with E-state index >= 15 is 0 Å². The number of pyridine rings is 1. The highest BCUT2D eigenvalue weighted by molar-refractivity contribution is 6.31. The Morgan fingerprint density at radius 2 is 1.82 bits per heavy atom. The van der Waals surface area contributed by atoms with Crippen molar-refractivity contribution >= 4 is 29.4 Å². The number of likely N-dealkylation sites (N-methyl/N-ethyl adjacent to an activating group) is 1. The van der Waals surface area contributed by atoms with E-state index in [1.807, 2.05) is 43.3 Å². The SMILES string of the molecule is C[C@H](Cc1ccccc1)NC(=O)c1ccc[n+](COC(=O)N(C)C2(c3ccccc3Cl)CCCCC2=O)c1. The van der Waals surface area contributed by atoms with Crippen LogP contribution in [0, 0.1) is 0 Å². The van der Waals surface area contributed by atoms with Crippen molar-refractivity contribution in [3.05, 3.63) is 101 Å². The molecule has 0 aliphatic heterocycles. The lowest BCUT2D eigenvalue weighted by atomic mass is 9.74. The fourth-order valence-corrected chi connectivity index (χ4v) is 5.37. The molecule has 1 unspecified atom stereocenters. The van der Waals surface area contributed by atoms with Gasteiger partial charge in [0.15, 0.2) is 18.2 Å². The summed E-state index contributed by atoms with van der Waals surface area (Å²) in [5.74, 6) is -0.260. The molecule has 3 aromatic rings. The van der Waals surface area contributed by atoms with Gasteiger partial charge >= 0.3 is 6.09 Å². The van der Waals surface area contributed by atoms with Crippen LogP contribution in [0.25, 0.3) is 0 Å². The van der Waals surface area contributed by atoms with Gasteiger partial charge in [0.1, 0.15) is 11.1 Å². The number of hydrogen-bond acceptors (Lipinski definition) is 4. The molecular weight excluding hydrogens is 502 g/mol. The normalized spacial score (nSPS) is 17.9. The molecule has 8 heteroatoms. The van der Waals surface area contributed by atoms with Crippen molar-refractivity contribution in [2.75, 3.05) is 7.05 Å². The van der Waals surface area contributed by atoms with Crippen molar-refractivity contribution in [2.24, 2.45) is 0 Å². The first-order valence-corrected chi connectivity index (χ1v) is 13.2. The molecule has 1 N–H and O–H groups in total. The summed E-state index contributed by atoms with van der Waals surface area (Å²) in [5, 5.41) is 3.45. The largest absolute Gasteiger partial charge is 0.415 e. The van der Waals surface area contributed by atoms with E-state index in [0.29, 0.717) is 29.0 Å². The number of carbonyl (C=O) groups excluding carboxylic acids is 3. The number of Topliss-reactive ketones (excluding diaryl/α,β-unsaturated/α-hetero) is 1. The minimum Gasteiger partial charge on any atom is -0.388 e. The molecule has 0 spiro atoms. The number of rotatable bonds is 8. The van der Waals surface area contributed by atoms with Crippen LogP contribution in [0.2, 0.25) is 5.02 Å². The van der Waals surface area contributed by atoms with Gasteiger partial charge in [-0.2, -0.15) is 4.57 Å². The van der Waals surface area contributed by atoms with E-state index in [4.69, 9.17) is 16.3 Å². The van der Waals surface area contributed by atoms with E-state index in [-0.39, 0.29) is 24.5 Å². The third-order valence-corrected chi connectivity index (χ3v) is 7.37. The molecule has 2 atom stereocenters. The van der Waals surface area contributed by atoms with E-state index in [2.05, 4.69) is 5.32 Å². The molecule has 1 aliphatic rings. The Balaban J connectivity index is 1.42.